The van der Waals surface area contributed by atoms with Gasteiger partial charge in [0.05, 0.1) is 12.2 Å². The molecular weight excluding hydrogens is 392 g/mol. The van der Waals surface area contributed by atoms with Crippen molar-refractivity contribution in [2.45, 2.75) is 19.9 Å². The zero-order chi connectivity index (χ0) is 20.4. The van der Waals surface area contributed by atoms with Gasteiger partial charge in [-0.05, 0) is 49.7 Å². The van der Waals surface area contributed by atoms with E-state index in [1.165, 1.54) is 17.4 Å². The first-order chi connectivity index (χ1) is 14.0. The number of benzene rings is 1. The number of nitrogens with zero attached hydrogens (tertiary/aromatic N) is 1. The highest BCUT2D eigenvalue weighted by Crippen LogP contribution is 2.37. The standard InChI is InChI=1S/C21H22N2O5S/c1-3-26-21(25)19-14-8-9-23(2)11-17(14)29-20(19)22-18(24)7-5-13-4-6-15-16(10-13)28-12-27-15/h4-7,10H,3,8-9,11-12H2,1-2H3,(H,22,24)/b7-5+. The summed E-state index contributed by atoms with van der Waals surface area (Å²) in [6.45, 7) is 3.90. The van der Waals surface area contributed by atoms with Gasteiger partial charge in [-0.25, -0.2) is 4.79 Å². The molecule has 0 spiro atoms. The Morgan fingerprint density at radius 3 is 2.97 bits per heavy atom. The SMILES string of the molecule is CCOC(=O)c1c(NC(=O)/C=C/c2ccc3c(c2)OCO3)sc2c1CCN(C)C2. The minimum absolute atomic E-state index is 0.206. The highest BCUT2D eigenvalue weighted by atomic mass is 32.1. The molecule has 0 bridgehead atoms. The van der Waals surface area contributed by atoms with Crippen LogP contribution in [0.3, 0.4) is 0 Å². The quantitative estimate of drug-likeness (QED) is 0.598. The summed E-state index contributed by atoms with van der Waals surface area (Å²) in [5.74, 6) is 0.664. The van der Waals surface area contributed by atoms with E-state index in [1.807, 2.05) is 25.2 Å². The van der Waals surface area contributed by atoms with E-state index in [0.717, 1.165) is 35.5 Å². The van der Waals surface area contributed by atoms with Gasteiger partial charge >= 0.3 is 5.97 Å². The van der Waals surface area contributed by atoms with Crippen LogP contribution >= 0.6 is 11.3 Å². The van der Waals surface area contributed by atoms with Gasteiger partial charge in [-0.1, -0.05) is 6.07 Å². The smallest absolute Gasteiger partial charge is 0.341 e. The molecular formula is C21H22N2O5S. The van der Waals surface area contributed by atoms with E-state index >= 15 is 0 Å². The number of anilines is 1. The number of nitrogens with one attached hydrogen (secondary N) is 1. The molecule has 2 aliphatic rings. The van der Waals surface area contributed by atoms with Crippen LogP contribution in [0.25, 0.3) is 6.08 Å². The molecule has 1 aromatic carbocycles. The van der Waals surface area contributed by atoms with Gasteiger partial charge in [-0.2, -0.15) is 0 Å². The average molecular weight is 414 g/mol. The highest BCUT2D eigenvalue weighted by Gasteiger charge is 2.28. The van der Waals surface area contributed by atoms with Crippen molar-refractivity contribution in [2.75, 3.05) is 32.3 Å². The van der Waals surface area contributed by atoms with Gasteiger partial charge in [0, 0.05) is 24.0 Å². The molecule has 8 heteroatoms. The van der Waals surface area contributed by atoms with Crippen LogP contribution in [0.1, 0.15) is 33.3 Å². The normalized spacial score (nSPS) is 15.4. The largest absolute Gasteiger partial charge is 0.462 e. The summed E-state index contributed by atoms with van der Waals surface area (Å²) in [5.41, 5.74) is 2.30. The number of hydrogen-bond donors (Lipinski definition) is 1. The summed E-state index contributed by atoms with van der Waals surface area (Å²) in [5, 5.41) is 3.41. The first-order valence-electron chi connectivity index (χ1n) is 9.44. The highest BCUT2D eigenvalue weighted by molar-refractivity contribution is 7.17. The Bertz CT molecular complexity index is 982. The minimum atomic E-state index is -0.385. The fraction of sp³-hybridized carbons (Fsp3) is 0.333. The van der Waals surface area contributed by atoms with Crippen LogP contribution in [-0.2, 0) is 22.5 Å². The number of carbonyl (C=O) groups is 2. The molecule has 0 fully saturated rings. The lowest BCUT2D eigenvalue weighted by Crippen LogP contribution is -2.26. The molecule has 0 atom stereocenters. The molecule has 152 valence electrons. The Morgan fingerprint density at radius 2 is 2.14 bits per heavy atom. The number of amides is 1. The summed E-state index contributed by atoms with van der Waals surface area (Å²) in [4.78, 5) is 28.3. The van der Waals surface area contributed by atoms with Gasteiger partial charge in [0.2, 0.25) is 12.7 Å². The van der Waals surface area contributed by atoms with Crippen molar-refractivity contribution in [1.82, 2.24) is 4.90 Å². The summed E-state index contributed by atoms with van der Waals surface area (Å²) in [6, 6.07) is 5.47. The number of rotatable bonds is 5. The van der Waals surface area contributed by atoms with Crippen molar-refractivity contribution >= 4 is 34.3 Å². The fourth-order valence-electron chi connectivity index (χ4n) is 3.38. The molecule has 2 aliphatic heterocycles. The first kappa shape index (κ1) is 19.5. The van der Waals surface area contributed by atoms with Crippen LogP contribution in [0.15, 0.2) is 24.3 Å². The third-order valence-electron chi connectivity index (χ3n) is 4.79. The van der Waals surface area contributed by atoms with Gasteiger partial charge in [-0.15, -0.1) is 11.3 Å². The lowest BCUT2D eigenvalue weighted by molar-refractivity contribution is -0.111. The minimum Gasteiger partial charge on any atom is -0.462 e. The number of fused-ring (bicyclic) bond motifs is 2. The van der Waals surface area contributed by atoms with Gasteiger partial charge in [-0.3, -0.25) is 4.79 Å². The van der Waals surface area contributed by atoms with Gasteiger partial charge < -0.3 is 24.4 Å². The summed E-state index contributed by atoms with van der Waals surface area (Å²) >= 11 is 1.44. The Labute approximate surface area is 172 Å². The molecule has 0 aliphatic carbocycles. The van der Waals surface area contributed by atoms with Crippen LogP contribution in [0.2, 0.25) is 0 Å². The van der Waals surface area contributed by atoms with Crippen LogP contribution < -0.4 is 14.8 Å². The molecule has 0 radical (unpaired) electrons. The second kappa shape index (κ2) is 8.26. The summed E-state index contributed by atoms with van der Waals surface area (Å²) in [6.07, 6.45) is 3.90. The average Bonchev–Trinajstić information content (AvgIpc) is 3.29. The Kier molecular flexibility index (Phi) is 5.55. The van der Waals surface area contributed by atoms with E-state index in [1.54, 1.807) is 13.0 Å². The maximum atomic E-state index is 12.5. The Hall–Kier alpha value is -2.84. The molecule has 3 heterocycles. The van der Waals surface area contributed by atoms with E-state index in [4.69, 9.17) is 14.2 Å². The molecule has 2 aromatic rings. The van der Waals surface area contributed by atoms with Gasteiger partial charge in [0.1, 0.15) is 5.00 Å². The number of ether oxygens (including phenoxy) is 3. The van der Waals surface area contributed by atoms with E-state index < -0.39 is 0 Å². The predicted octanol–water partition coefficient (Wildman–Crippen LogP) is 3.29. The van der Waals surface area contributed by atoms with Crippen molar-refractivity contribution < 1.29 is 23.8 Å². The van der Waals surface area contributed by atoms with Crippen molar-refractivity contribution in [3.05, 3.63) is 45.8 Å². The molecule has 1 amide bonds. The first-order valence-corrected chi connectivity index (χ1v) is 10.3. The second-order valence-electron chi connectivity index (χ2n) is 6.85. The zero-order valence-corrected chi connectivity index (χ0v) is 17.1. The maximum absolute atomic E-state index is 12.5. The monoisotopic (exact) mass is 414 g/mol. The molecule has 7 nitrogen and oxygen atoms in total. The molecule has 4 rings (SSSR count). The zero-order valence-electron chi connectivity index (χ0n) is 16.3. The molecule has 0 saturated carbocycles. The third-order valence-corrected chi connectivity index (χ3v) is 5.92. The number of hydrogen-bond acceptors (Lipinski definition) is 7. The van der Waals surface area contributed by atoms with Crippen LogP contribution in [0, 0.1) is 0 Å². The van der Waals surface area contributed by atoms with E-state index in [2.05, 4.69) is 10.2 Å². The summed E-state index contributed by atoms with van der Waals surface area (Å²) < 4.78 is 15.9. The molecule has 29 heavy (non-hydrogen) atoms. The Morgan fingerprint density at radius 1 is 1.31 bits per heavy atom. The number of thiophene rings is 1. The van der Waals surface area contributed by atoms with Crippen molar-refractivity contribution in [1.29, 1.82) is 0 Å². The van der Waals surface area contributed by atoms with Crippen molar-refractivity contribution in [2.24, 2.45) is 0 Å². The maximum Gasteiger partial charge on any atom is 0.341 e. The third kappa shape index (κ3) is 4.13. The molecule has 0 unspecified atom stereocenters. The number of esters is 1. The van der Waals surface area contributed by atoms with E-state index in [0.29, 0.717) is 28.7 Å². The van der Waals surface area contributed by atoms with Crippen LogP contribution in [-0.4, -0.2) is 43.8 Å². The topological polar surface area (TPSA) is 77.1 Å². The van der Waals surface area contributed by atoms with E-state index in [9.17, 15) is 9.59 Å². The molecule has 1 aromatic heterocycles. The Balaban J connectivity index is 1.53. The van der Waals surface area contributed by atoms with Crippen LogP contribution in [0.5, 0.6) is 11.5 Å². The second-order valence-corrected chi connectivity index (χ2v) is 7.96. The molecule has 1 N–H and O–H groups in total. The lowest BCUT2D eigenvalue weighted by Gasteiger charge is -2.22. The fourth-order valence-corrected chi connectivity index (χ4v) is 4.70. The molecule has 0 saturated heterocycles. The van der Waals surface area contributed by atoms with Gasteiger partial charge in [0.15, 0.2) is 11.5 Å². The van der Waals surface area contributed by atoms with E-state index in [-0.39, 0.29) is 18.7 Å². The van der Waals surface area contributed by atoms with Crippen LogP contribution in [0.4, 0.5) is 5.00 Å². The summed E-state index contributed by atoms with van der Waals surface area (Å²) in [7, 11) is 2.04. The number of likely N-dealkylation sites (N-methyl/N-ethyl adjacent to an activating group) is 1. The van der Waals surface area contributed by atoms with Crippen molar-refractivity contribution in [3.8, 4) is 11.5 Å². The number of carbonyl (C=O) groups excluding carboxylic acids is 2. The lowest BCUT2D eigenvalue weighted by atomic mass is 10.0. The van der Waals surface area contributed by atoms with Gasteiger partial charge in [0.25, 0.3) is 0 Å². The van der Waals surface area contributed by atoms with Crippen molar-refractivity contribution in [3.63, 3.8) is 0 Å². The predicted molar refractivity (Wildman–Crippen MR) is 111 cm³/mol.